The first-order valence-electron chi connectivity index (χ1n) is 6.73. The Labute approximate surface area is 137 Å². The number of hydrogen-bond acceptors (Lipinski definition) is 6. The third-order valence-electron chi connectivity index (χ3n) is 3.06. The van der Waals surface area contributed by atoms with Crippen LogP contribution in [0.1, 0.15) is 5.56 Å². The molecule has 0 atom stereocenters. The molecule has 0 bridgehead atoms. The molecule has 0 fully saturated rings. The Bertz CT molecular complexity index is 912. The summed E-state index contributed by atoms with van der Waals surface area (Å²) in [5.41, 5.74) is -2.61. The molecule has 8 nitrogen and oxygen atoms in total. The summed E-state index contributed by atoms with van der Waals surface area (Å²) in [7, 11) is 0. The number of nitro benzene ring substituents is 1. The van der Waals surface area contributed by atoms with Gasteiger partial charge in [0.05, 0.1) is 10.6 Å². The first-order valence-corrected chi connectivity index (χ1v) is 6.73. The van der Waals surface area contributed by atoms with Crippen molar-refractivity contribution in [1.82, 2.24) is 20.2 Å². The molecule has 0 spiro atoms. The Balaban J connectivity index is 1.93. The van der Waals surface area contributed by atoms with E-state index in [0.717, 1.165) is 16.9 Å². The van der Waals surface area contributed by atoms with Crippen molar-refractivity contribution < 1.29 is 22.8 Å². The van der Waals surface area contributed by atoms with Crippen LogP contribution >= 0.6 is 0 Å². The van der Waals surface area contributed by atoms with E-state index < -0.39 is 22.4 Å². The average Bonchev–Trinajstić information content (AvgIpc) is 3.03. The molecule has 0 N–H and O–H groups in total. The maximum atomic E-state index is 13.0. The van der Waals surface area contributed by atoms with Crippen molar-refractivity contribution in [3.63, 3.8) is 0 Å². The first-order chi connectivity index (χ1) is 11.8. The van der Waals surface area contributed by atoms with Gasteiger partial charge >= 0.3 is 12.2 Å². The molecule has 0 saturated heterocycles. The van der Waals surface area contributed by atoms with Crippen LogP contribution in [0.2, 0.25) is 0 Å². The molecule has 0 aliphatic carbocycles. The Morgan fingerprint density at radius 1 is 1.12 bits per heavy atom. The maximum Gasteiger partial charge on any atom is 0.423 e. The molecule has 128 valence electrons. The standard InChI is InChI=1S/C14H8F3N5O3/c15-14(16,17)11-8-9(6-7-12(11)22(23)24)21-19-13(18-20-21)25-10-4-2-1-3-5-10/h1-8H. The van der Waals surface area contributed by atoms with E-state index in [0.29, 0.717) is 11.8 Å². The lowest BCUT2D eigenvalue weighted by Crippen LogP contribution is -2.11. The molecule has 0 saturated carbocycles. The second kappa shape index (κ2) is 6.19. The molecule has 1 heterocycles. The summed E-state index contributed by atoms with van der Waals surface area (Å²) in [5, 5.41) is 21.7. The molecule has 3 aromatic rings. The van der Waals surface area contributed by atoms with Gasteiger partial charge in [0.2, 0.25) is 0 Å². The van der Waals surface area contributed by atoms with Gasteiger partial charge < -0.3 is 4.74 Å². The number of benzene rings is 2. The maximum absolute atomic E-state index is 13.0. The van der Waals surface area contributed by atoms with E-state index in [1.807, 2.05) is 0 Å². The van der Waals surface area contributed by atoms with Crippen LogP contribution in [-0.4, -0.2) is 25.1 Å². The van der Waals surface area contributed by atoms with Crippen molar-refractivity contribution in [3.8, 4) is 17.4 Å². The normalized spacial score (nSPS) is 11.3. The minimum Gasteiger partial charge on any atom is -0.422 e. The number of nitrogens with zero attached hydrogens (tertiary/aromatic N) is 5. The lowest BCUT2D eigenvalue weighted by molar-refractivity contribution is -0.388. The molecule has 0 amide bonds. The van der Waals surface area contributed by atoms with Gasteiger partial charge in [0.15, 0.2) is 0 Å². The van der Waals surface area contributed by atoms with Gasteiger partial charge in [-0.05, 0) is 29.5 Å². The Kier molecular flexibility index (Phi) is 4.05. The average molecular weight is 351 g/mol. The molecular formula is C14H8F3N5O3. The number of alkyl halides is 3. The highest BCUT2D eigenvalue weighted by Crippen LogP contribution is 2.37. The fourth-order valence-corrected chi connectivity index (χ4v) is 1.98. The SMILES string of the molecule is O=[N+]([O-])c1ccc(-n2nnc(Oc3ccccc3)n2)cc1C(F)(F)F. The van der Waals surface area contributed by atoms with Crippen LogP contribution in [0, 0.1) is 10.1 Å². The fraction of sp³-hybridized carbons (Fsp3) is 0.0714. The number of aromatic nitrogens is 4. The van der Waals surface area contributed by atoms with Crippen molar-refractivity contribution in [1.29, 1.82) is 0 Å². The number of ether oxygens (including phenoxy) is 1. The second-order valence-corrected chi connectivity index (χ2v) is 4.73. The molecule has 0 aliphatic rings. The predicted molar refractivity (Wildman–Crippen MR) is 77.3 cm³/mol. The van der Waals surface area contributed by atoms with E-state index in [4.69, 9.17) is 4.74 Å². The minimum atomic E-state index is -4.90. The van der Waals surface area contributed by atoms with Gasteiger partial charge in [-0.25, -0.2) is 0 Å². The van der Waals surface area contributed by atoms with Crippen LogP contribution in [0.3, 0.4) is 0 Å². The van der Waals surface area contributed by atoms with Gasteiger partial charge in [0, 0.05) is 6.07 Å². The summed E-state index contributed by atoms with van der Waals surface area (Å²) in [5.74, 6) is 0.418. The third-order valence-corrected chi connectivity index (χ3v) is 3.06. The molecule has 0 aliphatic heterocycles. The van der Waals surface area contributed by atoms with Gasteiger partial charge in [-0.15, -0.1) is 4.80 Å². The summed E-state index contributed by atoms with van der Waals surface area (Å²) in [6.07, 6.45) is -4.90. The van der Waals surface area contributed by atoms with E-state index in [1.54, 1.807) is 30.3 Å². The van der Waals surface area contributed by atoms with E-state index in [1.165, 1.54) is 0 Å². The van der Waals surface area contributed by atoms with Gasteiger partial charge in [-0.2, -0.15) is 13.2 Å². The topological polar surface area (TPSA) is 96.0 Å². The zero-order valence-electron chi connectivity index (χ0n) is 12.2. The number of halogens is 3. The number of rotatable bonds is 4. The highest BCUT2D eigenvalue weighted by atomic mass is 19.4. The highest BCUT2D eigenvalue weighted by Gasteiger charge is 2.38. The smallest absolute Gasteiger partial charge is 0.422 e. The zero-order valence-corrected chi connectivity index (χ0v) is 12.2. The molecule has 11 heteroatoms. The molecule has 1 aromatic heterocycles. The number of tetrazole rings is 1. The monoisotopic (exact) mass is 351 g/mol. The van der Waals surface area contributed by atoms with Crippen molar-refractivity contribution in [2.24, 2.45) is 0 Å². The molecule has 0 radical (unpaired) electrons. The zero-order chi connectivity index (χ0) is 18.0. The Morgan fingerprint density at radius 2 is 1.84 bits per heavy atom. The first kappa shape index (κ1) is 16.4. The Morgan fingerprint density at radius 3 is 2.48 bits per heavy atom. The lowest BCUT2D eigenvalue weighted by Gasteiger charge is -2.08. The second-order valence-electron chi connectivity index (χ2n) is 4.73. The van der Waals surface area contributed by atoms with E-state index in [-0.39, 0.29) is 11.7 Å². The van der Waals surface area contributed by atoms with Crippen LogP contribution < -0.4 is 4.74 Å². The van der Waals surface area contributed by atoms with Crippen molar-refractivity contribution in [3.05, 3.63) is 64.2 Å². The van der Waals surface area contributed by atoms with Crippen molar-refractivity contribution >= 4 is 5.69 Å². The van der Waals surface area contributed by atoms with Crippen molar-refractivity contribution in [2.45, 2.75) is 6.18 Å². The predicted octanol–water partition coefficient (Wildman–Crippen LogP) is 3.38. The number of nitro groups is 1. The van der Waals surface area contributed by atoms with Crippen LogP contribution in [0.25, 0.3) is 5.69 Å². The van der Waals surface area contributed by atoms with Crippen molar-refractivity contribution in [2.75, 3.05) is 0 Å². The van der Waals surface area contributed by atoms with E-state index >= 15 is 0 Å². The molecule has 25 heavy (non-hydrogen) atoms. The molecule has 2 aromatic carbocycles. The molecule has 0 unspecified atom stereocenters. The minimum absolute atomic E-state index is 0.145. The summed E-state index contributed by atoms with van der Waals surface area (Å²) < 4.78 is 44.3. The van der Waals surface area contributed by atoms with Crippen LogP contribution in [0.5, 0.6) is 11.8 Å². The summed E-state index contributed by atoms with van der Waals surface area (Å²) in [6.45, 7) is 0. The van der Waals surface area contributed by atoms with Gasteiger partial charge in [-0.1, -0.05) is 28.4 Å². The molecule has 3 rings (SSSR count). The van der Waals surface area contributed by atoms with Gasteiger partial charge in [0.1, 0.15) is 11.3 Å². The van der Waals surface area contributed by atoms with Crippen LogP contribution in [0.15, 0.2) is 48.5 Å². The largest absolute Gasteiger partial charge is 0.423 e. The van der Waals surface area contributed by atoms with Gasteiger partial charge in [0.25, 0.3) is 5.69 Å². The lowest BCUT2D eigenvalue weighted by atomic mass is 10.1. The Hall–Kier alpha value is -3.50. The summed E-state index contributed by atoms with van der Waals surface area (Å²) in [6, 6.07) is 10.7. The van der Waals surface area contributed by atoms with E-state index in [2.05, 4.69) is 15.4 Å². The highest BCUT2D eigenvalue weighted by molar-refractivity contribution is 5.49. The van der Waals surface area contributed by atoms with E-state index in [9.17, 15) is 23.3 Å². The summed E-state index contributed by atoms with van der Waals surface area (Å²) >= 11 is 0. The van der Waals surface area contributed by atoms with Crippen LogP contribution in [-0.2, 0) is 6.18 Å². The third kappa shape index (κ3) is 3.54. The molecular weight excluding hydrogens is 343 g/mol. The number of para-hydroxylation sites is 1. The van der Waals surface area contributed by atoms with Crippen LogP contribution in [0.4, 0.5) is 18.9 Å². The number of hydrogen-bond donors (Lipinski definition) is 0. The fourth-order valence-electron chi connectivity index (χ4n) is 1.98. The quantitative estimate of drug-likeness (QED) is 0.528. The van der Waals surface area contributed by atoms with Gasteiger partial charge in [-0.3, -0.25) is 10.1 Å². The summed E-state index contributed by atoms with van der Waals surface area (Å²) in [4.78, 5) is 10.4.